The molecule has 6 bridgehead atoms. The Labute approximate surface area is 469 Å². The molecular weight excluding hydrogens is 967 g/mol. The number of rotatable bonds is 3. The van der Waals surface area contributed by atoms with E-state index in [0.717, 1.165) is 53.3 Å². The number of hydrogen-bond donors (Lipinski definition) is 0. The summed E-state index contributed by atoms with van der Waals surface area (Å²) in [6.45, 7) is 4.84. The van der Waals surface area contributed by atoms with Crippen molar-refractivity contribution in [3.8, 4) is 44.5 Å². The van der Waals surface area contributed by atoms with Crippen LogP contribution in [-0.4, -0.2) is 0 Å². The van der Waals surface area contributed by atoms with Crippen LogP contribution in [0.4, 0.5) is 17.1 Å². The minimum atomic E-state index is -0.197. The Morgan fingerprint density at radius 3 is 1.40 bits per heavy atom. The molecule has 2 nitrogen and oxygen atoms in total. The van der Waals surface area contributed by atoms with Crippen LogP contribution in [0.3, 0.4) is 0 Å². The van der Waals surface area contributed by atoms with E-state index in [4.69, 9.17) is 4.42 Å². The normalized spacial score (nSPS) is 25.5. The highest BCUT2D eigenvalue weighted by atomic mass is 16.3. The molecule has 7 aliphatic rings. The Kier molecular flexibility index (Phi) is 9.26. The number of furan rings is 1. The lowest BCUT2D eigenvalue weighted by Gasteiger charge is -2.63. The molecule has 3 fully saturated rings. The second-order valence-corrected chi connectivity index (χ2v) is 26.0. The standard InChI is InChI=1S/C78H63NO/c1-75(2)67-27-13-9-25-62(67)64-35-32-52(42-70(64)75)79(51-33-36-73-66(41-51)65-26-12-16-30-72(65)80-73)53-31-34-63-59-22-8-5-19-56(59)50-46-77(71(63)43-53)40-38-48-44-76(68-28-14-10-23-60(68)57-20-6-3-17-54(48)57)39-37-49-45-78(47-50,74(76)77)69-29-15-11-24-61(69)58-21-7-4-18-55(49)58/h3-36,41-43,48-50,74H,37-40,44-47H2,1-2H3. The van der Waals surface area contributed by atoms with Gasteiger partial charge in [0.2, 0.25) is 0 Å². The zero-order chi connectivity index (χ0) is 52.7. The molecule has 386 valence electrons. The highest BCUT2D eigenvalue weighted by Crippen LogP contribution is 2.76. The molecule has 7 unspecified atom stereocenters. The molecule has 0 N–H and O–H groups in total. The van der Waals surface area contributed by atoms with Crippen LogP contribution in [0.2, 0.25) is 0 Å². The maximum absolute atomic E-state index is 6.56. The Balaban J connectivity index is 0.951. The van der Waals surface area contributed by atoms with Gasteiger partial charge in [0.05, 0.1) is 0 Å². The van der Waals surface area contributed by atoms with E-state index in [2.05, 4.69) is 243 Å². The van der Waals surface area contributed by atoms with E-state index >= 15 is 0 Å². The second-order valence-electron chi connectivity index (χ2n) is 26.0. The fourth-order valence-electron chi connectivity index (χ4n) is 19.5. The fraction of sp³-hybridized carbons (Fsp3) is 0.231. The third-order valence-electron chi connectivity index (χ3n) is 22.2. The molecule has 3 spiro atoms. The highest BCUT2D eigenvalue weighted by Gasteiger charge is 2.69. The number of fused-ring (bicyclic) bond motifs is 21. The second kappa shape index (κ2) is 16.2. The van der Waals surface area contributed by atoms with Gasteiger partial charge in [-0.25, -0.2) is 0 Å². The smallest absolute Gasteiger partial charge is 0.135 e. The van der Waals surface area contributed by atoms with Crippen molar-refractivity contribution in [1.29, 1.82) is 0 Å². The van der Waals surface area contributed by atoms with Gasteiger partial charge in [0, 0.05) is 49.5 Å². The summed E-state index contributed by atoms with van der Waals surface area (Å²) in [5, 5.41) is 2.29. The van der Waals surface area contributed by atoms with E-state index in [1.165, 1.54) is 92.7 Å². The van der Waals surface area contributed by atoms with Crippen molar-refractivity contribution in [2.75, 3.05) is 4.90 Å². The lowest BCUT2D eigenvalue weighted by molar-refractivity contribution is 0.00247. The van der Waals surface area contributed by atoms with Crippen LogP contribution < -0.4 is 4.90 Å². The molecule has 7 atom stereocenters. The Morgan fingerprint density at radius 2 is 0.750 bits per heavy atom. The van der Waals surface area contributed by atoms with Crippen LogP contribution in [0.1, 0.15) is 127 Å². The van der Waals surface area contributed by atoms with E-state index in [0.29, 0.717) is 23.7 Å². The van der Waals surface area contributed by atoms with E-state index in [1.54, 1.807) is 33.4 Å². The predicted octanol–water partition coefficient (Wildman–Crippen LogP) is 20.5. The average Bonchev–Trinajstić information content (AvgIpc) is 3.52. The summed E-state index contributed by atoms with van der Waals surface area (Å²) in [4.78, 5) is 2.62. The molecule has 3 saturated carbocycles. The monoisotopic (exact) mass is 1030 g/mol. The zero-order valence-corrected chi connectivity index (χ0v) is 45.7. The molecule has 0 saturated heterocycles. The summed E-state index contributed by atoms with van der Waals surface area (Å²) >= 11 is 0. The predicted molar refractivity (Wildman–Crippen MR) is 329 cm³/mol. The van der Waals surface area contributed by atoms with Crippen molar-refractivity contribution in [2.45, 2.75) is 105 Å². The number of anilines is 3. The molecule has 7 aliphatic carbocycles. The molecular formula is C78H63NO. The Hall–Kier alpha value is -8.20. The van der Waals surface area contributed by atoms with Crippen LogP contribution in [0.5, 0.6) is 0 Å². The van der Waals surface area contributed by atoms with Gasteiger partial charge in [0.25, 0.3) is 0 Å². The van der Waals surface area contributed by atoms with Gasteiger partial charge in [-0.15, -0.1) is 0 Å². The SMILES string of the molecule is CC1(C)c2ccccc2-c2ccc(N(c3ccc4c(c3)C35CCC6CC7(CCC8CC(CC(C3)c3ccccc3-4)(c3ccccc3-c3ccccc38)C75)c3ccccc3-c3ccccc36)c3ccc4oc5ccccc5c4c3)cc21. The highest BCUT2D eigenvalue weighted by molar-refractivity contribution is 6.06. The molecule has 0 amide bonds. The average molecular weight is 1030 g/mol. The van der Waals surface area contributed by atoms with Crippen LogP contribution >= 0.6 is 0 Å². The summed E-state index contributed by atoms with van der Waals surface area (Å²) in [6.07, 6.45) is 9.29. The largest absolute Gasteiger partial charge is 0.456 e. The minimum Gasteiger partial charge on any atom is -0.456 e. The molecule has 1 aromatic heterocycles. The number of benzene rings is 10. The van der Waals surface area contributed by atoms with E-state index < -0.39 is 0 Å². The minimum absolute atomic E-state index is 0.118. The summed E-state index contributed by atoms with van der Waals surface area (Å²) in [5.41, 5.74) is 28.4. The molecule has 0 radical (unpaired) electrons. The number of para-hydroxylation sites is 1. The summed E-state index contributed by atoms with van der Waals surface area (Å²) in [5.74, 6) is 1.55. The van der Waals surface area contributed by atoms with Gasteiger partial charge in [0.15, 0.2) is 0 Å². The molecule has 18 rings (SSSR count). The van der Waals surface area contributed by atoms with Crippen molar-refractivity contribution >= 4 is 39.0 Å². The van der Waals surface area contributed by atoms with Crippen LogP contribution in [-0.2, 0) is 21.7 Å². The van der Waals surface area contributed by atoms with Gasteiger partial charge in [-0.1, -0.05) is 190 Å². The molecule has 80 heavy (non-hydrogen) atoms. The number of nitrogens with zero attached hydrogens (tertiary/aromatic N) is 1. The van der Waals surface area contributed by atoms with Crippen molar-refractivity contribution < 1.29 is 4.42 Å². The third kappa shape index (κ3) is 5.94. The maximum Gasteiger partial charge on any atom is 0.135 e. The first kappa shape index (κ1) is 45.6. The molecule has 2 heteroatoms. The quantitative estimate of drug-likeness (QED) is 0.175. The van der Waals surface area contributed by atoms with Crippen LogP contribution in [0, 0.1) is 5.92 Å². The van der Waals surface area contributed by atoms with Gasteiger partial charge < -0.3 is 9.32 Å². The van der Waals surface area contributed by atoms with Crippen molar-refractivity contribution in [2.24, 2.45) is 5.92 Å². The number of hydrogen-bond acceptors (Lipinski definition) is 2. The van der Waals surface area contributed by atoms with Crippen molar-refractivity contribution in [3.63, 3.8) is 0 Å². The first-order valence-electron chi connectivity index (χ1n) is 29.9. The van der Waals surface area contributed by atoms with Crippen molar-refractivity contribution in [3.05, 3.63) is 269 Å². The Morgan fingerprint density at radius 1 is 0.338 bits per heavy atom. The first-order chi connectivity index (χ1) is 39.3. The van der Waals surface area contributed by atoms with E-state index in [-0.39, 0.29) is 21.7 Å². The lowest BCUT2D eigenvalue weighted by atomic mass is 9.40. The van der Waals surface area contributed by atoms with Gasteiger partial charge in [-0.2, -0.15) is 0 Å². The summed E-state index contributed by atoms with van der Waals surface area (Å²) in [7, 11) is 0. The Bertz CT molecular complexity index is 4440. The topological polar surface area (TPSA) is 16.4 Å². The molecule has 10 aromatic carbocycles. The lowest BCUT2D eigenvalue weighted by Crippen LogP contribution is -2.60. The molecule has 11 aromatic rings. The van der Waals surface area contributed by atoms with Crippen molar-refractivity contribution in [1.82, 2.24) is 0 Å². The van der Waals surface area contributed by atoms with Gasteiger partial charge in [-0.05, 0) is 213 Å². The van der Waals surface area contributed by atoms with Gasteiger partial charge >= 0.3 is 0 Å². The third-order valence-corrected chi connectivity index (χ3v) is 22.2. The zero-order valence-electron chi connectivity index (χ0n) is 45.7. The summed E-state index contributed by atoms with van der Waals surface area (Å²) in [6, 6.07) is 88.6. The van der Waals surface area contributed by atoms with E-state index in [1.807, 2.05) is 0 Å². The van der Waals surface area contributed by atoms with E-state index in [9.17, 15) is 0 Å². The fourth-order valence-corrected chi connectivity index (χ4v) is 19.5. The summed E-state index contributed by atoms with van der Waals surface area (Å²) < 4.78 is 6.56. The van der Waals surface area contributed by atoms with Gasteiger partial charge in [0.1, 0.15) is 11.2 Å². The molecule has 0 aliphatic heterocycles. The first-order valence-corrected chi connectivity index (χ1v) is 29.9. The van der Waals surface area contributed by atoms with Gasteiger partial charge in [-0.3, -0.25) is 0 Å². The van der Waals surface area contributed by atoms with Crippen LogP contribution in [0.25, 0.3) is 66.4 Å². The molecule has 1 heterocycles. The van der Waals surface area contributed by atoms with Crippen LogP contribution in [0.15, 0.2) is 229 Å². The maximum atomic E-state index is 6.56.